The van der Waals surface area contributed by atoms with E-state index in [0.29, 0.717) is 6.54 Å². The fourth-order valence-corrected chi connectivity index (χ4v) is 3.90. The van der Waals surface area contributed by atoms with E-state index >= 15 is 0 Å². The zero-order valence-corrected chi connectivity index (χ0v) is 21.5. The molecule has 0 unspecified atom stereocenters. The molecule has 0 atom stereocenters. The number of nitrogens with zero attached hydrogens (tertiary/aromatic N) is 6. The van der Waals surface area contributed by atoms with Crippen LogP contribution in [0, 0.1) is 6.92 Å². The van der Waals surface area contributed by atoms with Crippen LogP contribution in [0.2, 0.25) is 5.02 Å². The van der Waals surface area contributed by atoms with Crippen molar-refractivity contribution in [3.05, 3.63) is 71.4 Å². The summed E-state index contributed by atoms with van der Waals surface area (Å²) in [5.41, 5.74) is 2.25. The number of hydrogen-bond donors (Lipinski definition) is 1. The monoisotopic (exact) mass is 565 g/mol. The van der Waals surface area contributed by atoms with Gasteiger partial charge in [-0.15, -0.1) is 24.0 Å². The third-order valence-electron chi connectivity index (χ3n) is 5.38. The summed E-state index contributed by atoms with van der Waals surface area (Å²) < 4.78 is 1.97. The molecule has 1 fully saturated rings. The van der Waals surface area contributed by atoms with Crippen molar-refractivity contribution in [2.45, 2.75) is 20.4 Å². The molecule has 170 valence electrons. The van der Waals surface area contributed by atoms with Gasteiger partial charge < -0.3 is 15.1 Å². The van der Waals surface area contributed by atoms with E-state index in [1.807, 2.05) is 48.1 Å². The first kappa shape index (κ1) is 24.3. The van der Waals surface area contributed by atoms with Crippen molar-refractivity contribution in [3.63, 3.8) is 0 Å². The van der Waals surface area contributed by atoms with Crippen molar-refractivity contribution >= 4 is 47.2 Å². The van der Waals surface area contributed by atoms with Gasteiger partial charge in [0.15, 0.2) is 5.96 Å². The van der Waals surface area contributed by atoms with Crippen LogP contribution in [0.4, 0.5) is 5.69 Å². The SMILES string of the molecule is CCNC(=NCc1ccc(-n2ccnc2C)nc1)N1CCN(c2cccc(Cl)c2)CC1.I. The summed E-state index contributed by atoms with van der Waals surface area (Å²) in [5.74, 6) is 2.74. The molecule has 0 radical (unpaired) electrons. The molecule has 0 amide bonds. The van der Waals surface area contributed by atoms with E-state index in [0.717, 1.165) is 60.9 Å². The topological polar surface area (TPSA) is 61.6 Å². The number of rotatable bonds is 5. The number of aliphatic imine (C=N–C) groups is 1. The third kappa shape index (κ3) is 5.92. The molecule has 2 aromatic heterocycles. The van der Waals surface area contributed by atoms with Crippen LogP contribution in [0.25, 0.3) is 5.82 Å². The van der Waals surface area contributed by atoms with Crippen molar-refractivity contribution in [2.24, 2.45) is 4.99 Å². The molecule has 0 spiro atoms. The van der Waals surface area contributed by atoms with Gasteiger partial charge in [0.2, 0.25) is 0 Å². The predicted molar refractivity (Wildman–Crippen MR) is 142 cm³/mol. The first-order valence-electron chi connectivity index (χ1n) is 10.6. The van der Waals surface area contributed by atoms with Gasteiger partial charge in [0.05, 0.1) is 6.54 Å². The second-order valence-corrected chi connectivity index (χ2v) is 7.93. The Kier molecular flexibility index (Phi) is 8.75. The Morgan fingerprint density at radius 1 is 1.12 bits per heavy atom. The molecular weight excluding hydrogens is 537 g/mol. The number of nitrogens with one attached hydrogen (secondary N) is 1. The van der Waals surface area contributed by atoms with Crippen LogP contribution in [0.5, 0.6) is 0 Å². The number of anilines is 1. The molecule has 1 aliphatic heterocycles. The van der Waals surface area contributed by atoms with Gasteiger partial charge in [0, 0.05) is 62.0 Å². The Hall–Kier alpha value is -2.33. The van der Waals surface area contributed by atoms with Crippen LogP contribution < -0.4 is 10.2 Å². The van der Waals surface area contributed by atoms with E-state index in [1.54, 1.807) is 6.20 Å². The highest BCUT2D eigenvalue weighted by molar-refractivity contribution is 14.0. The lowest BCUT2D eigenvalue weighted by Gasteiger charge is -2.37. The number of hydrogen-bond acceptors (Lipinski definition) is 4. The number of piperazine rings is 1. The number of guanidine groups is 1. The smallest absolute Gasteiger partial charge is 0.194 e. The molecule has 1 N–H and O–H groups in total. The minimum atomic E-state index is 0. The molecular formula is C23H29ClIN7. The first-order valence-corrected chi connectivity index (χ1v) is 11.0. The molecule has 1 aromatic carbocycles. The minimum absolute atomic E-state index is 0. The molecule has 3 aromatic rings. The van der Waals surface area contributed by atoms with Crippen LogP contribution in [-0.4, -0.2) is 58.1 Å². The number of aryl methyl sites for hydroxylation is 1. The highest BCUT2D eigenvalue weighted by Crippen LogP contribution is 2.21. The second-order valence-electron chi connectivity index (χ2n) is 7.49. The average Bonchev–Trinajstić information content (AvgIpc) is 3.23. The highest BCUT2D eigenvalue weighted by Gasteiger charge is 2.20. The number of benzene rings is 1. The van der Waals surface area contributed by atoms with Crippen molar-refractivity contribution in [2.75, 3.05) is 37.6 Å². The Balaban J connectivity index is 0.00000289. The number of halogens is 2. The Morgan fingerprint density at radius 2 is 1.94 bits per heavy atom. The van der Waals surface area contributed by atoms with Gasteiger partial charge in [-0.3, -0.25) is 4.57 Å². The van der Waals surface area contributed by atoms with Crippen molar-refractivity contribution in [1.82, 2.24) is 24.8 Å². The predicted octanol–water partition coefficient (Wildman–Crippen LogP) is 4.13. The van der Waals surface area contributed by atoms with Gasteiger partial charge >= 0.3 is 0 Å². The average molecular weight is 566 g/mol. The van der Waals surface area contributed by atoms with E-state index < -0.39 is 0 Å². The summed E-state index contributed by atoms with van der Waals surface area (Å²) in [6.45, 7) is 9.19. The Morgan fingerprint density at radius 3 is 2.56 bits per heavy atom. The maximum atomic E-state index is 6.15. The third-order valence-corrected chi connectivity index (χ3v) is 5.62. The maximum absolute atomic E-state index is 6.15. The fraction of sp³-hybridized carbons (Fsp3) is 0.348. The maximum Gasteiger partial charge on any atom is 0.194 e. The molecule has 1 aliphatic rings. The van der Waals surface area contributed by atoms with E-state index in [-0.39, 0.29) is 24.0 Å². The fourth-order valence-electron chi connectivity index (χ4n) is 3.71. The van der Waals surface area contributed by atoms with Crippen LogP contribution >= 0.6 is 35.6 Å². The van der Waals surface area contributed by atoms with Crippen molar-refractivity contribution in [3.8, 4) is 5.82 Å². The second kappa shape index (κ2) is 11.5. The van der Waals surface area contributed by atoms with E-state index in [2.05, 4.69) is 44.1 Å². The zero-order valence-electron chi connectivity index (χ0n) is 18.4. The Bertz CT molecular complexity index is 1030. The molecule has 0 bridgehead atoms. The molecule has 9 heteroatoms. The normalized spacial score (nSPS) is 14.3. The summed E-state index contributed by atoms with van der Waals surface area (Å²) in [4.78, 5) is 18.4. The van der Waals surface area contributed by atoms with E-state index in [9.17, 15) is 0 Å². The van der Waals surface area contributed by atoms with Gasteiger partial charge in [-0.25, -0.2) is 15.0 Å². The number of aromatic nitrogens is 3. The summed E-state index contributed by atoms with van der Waals surface area (Å²) in [6, 6.07) is 12.1. The highest BCUT2D eigenvalue weighted by atomic mass is 127. The van der Waals surface area contributed by atoms with Crippen LogP contribution in [0.3, 0.4) is 0 Å². The lowest BCUT2D eigenvalue weighted by molar-refractivity contribution is 0.372. The van der Waals surface area contributed by atoms with Crippen molar-refractivity contribution in [1.29, 1.82) is 0 Å². The summed E-state index contributed by atoms with van der Waals surface area (Å²) in [5, 5.41) is 4.21. The standard InChI is InChI=1S/C23H28ClN7.HI/c1-3-25-23(30-13-11-29(12-14-30)21-6-4-5-20(24)15-21)28-17-19-7-8-22(27-16-19)31-10-9-26-18(31)2;/h4-10,15-16H,3,11-14,17H2,1-2H3,(H,25,28);1H. The molecule has 0 aliphatic carbocycles. The van der Waals surface area contributed by atoms with Gasteiger partial charge in [-0.1, -0.05) is 23.7 Å². The zero-order chi connectivity index (χ0) is 21.6. The van der Waals surface area contributed by atoms with Gasteiger partial charge in [-0.05, 0) is 43.7 Å². The van der Waals surface area contributed by atoms with Gasteiger partial charge in [-0.2, -0.15) is 0 Å². The molecule has 1 saturated heterocycles. The minimum Gasteiger partial charge on any atom is -0.368 e. The largest absolute Gasteiger partial charge is 0.368 e. The van der Waals surface area contributed by atoms with E-state index in [1.165, 1.54) is 5.69 Å². The van der Waals surface area contributed by atoms with Gasteiger partial charge in [0.1, 0.15) is 11.6 Å². The molecule has 32 heavy (non-hydrogen) atoms. The van der Waals surface area contributed by atoms with Crippen LogP contribution in [-0.2, 0) is 6.54 Å². The van der Waals surface area contributed by atoms with Crippen molar-refractivity contribution < 1.29 is 0 Å². The first-order chi connectivity index (χ1) is 15.1. The molecule has 3 heterocycles. The lowest BCUT2D eigenvalue weighted by Crippen LogP contribution is -2.52. The molecule has 7 nitrogen and oxygen atoms in total. The number of pyridine rings is 1. The molecule has 0 saturated carbocycles. The van der Waals surface area contributed by atoms with Crippen LogP contribution in [0.15, 0.2) is 60.0 Å². The van der Waals surface area contributed by atoms with Gasteiger partial charge in [0.25, 0.3) is 0 Å². The lowest BCUT2D eigenvalue weighted by atomic mass is 10.2. The summed E-state index contributed by atoms with van der Waals surface area (Å²) in [6.07, 6.45) is 5.59. The summed E-state index contributed by atoms with van der Waals surface area (Å²) in [7, 11) is 0. The van der Waals surface area contributed by atoms with Crippen LogP contribution in [0.1, 0.15) is 18.3 Å². The van der Waals surface area contributed by atoms with E-state index in [4.69, 9.17) is 16.6 Å². The quantitative estimate of drug-likeness (QED) is 0.286. The summed E-state index contributed by atoms with van der Waals surface area (Å²) >= 11 is 6.15. The Labute approximate surface area is 211 Å². The number of imidazole rings is 1. The molecule has 4 rings (SSSR count).